The van der Waals surface area contributed by atoms with Crippen molar-refractivity contribution in [2.45, 2.75) is 10.1 Å². The Morgan fingerprint density at radius 2 is 1.69 bits per heavy atom. The highest BCUT2D eigenvalue weighted by atomic mass is 35.5. The fourth-order valence-corrected chi connectivity index (χ4v) is 5.24. The highest BCUT2D eigenvalue weighted by molar-refractivity contribution is 8.00. The Morgan fingerprint density at radius 3 is 2.44 bits per heavy atom. The summed E-state index contributed by atoms with van der Waals surface area (Å²) in [5, 5.41) is 17.0. The number of rotatable bonds is 8. The fourth-order valence-electron chi connectivity index (χ4n) is 3.40. The Hall–Kier alpha value is -3.72. The smallest absolute Gasteiger partial charge is 0.250 e. The maximum absolute atomic E-state index is 12.6. The third kappa shape index (κ3) is 6.09. The summed E-state index contributed by atoms with van der Waals surface area (Å²) >= 11 is 8.84. The van der Waals surface area contributed by atoms with E-state index < -0.39 is 0 Å². The third-order valence-corrected chi connectivity index (χ3v) is 7.43. The van der Waals surface area contributed by atoms with Gasteiger partial charge < -0.3 is 0 Å². The first-order valence-corrected chi connectivity index (χ1v) is 13.2. The second-order valence-corrected chi connectivity index (χ2v) is 10.3. The molecule has 0 bridgehead atoms. The van der Waals surface area contributed by atoms with Crippen LogP contribution in [-0.2, 0) is 10.5 Å². The molecule has 0 aliphatic heterocycles. The number of hydrogen-bond acceptors (Lipinski definition) is 6. The first-order chi connectivity index (χ1) is 17.6. The summed E-state index contributed by atoms with van der Waals surface area (Å²) in [5.74, 6) is 0.458. The van der Waals surface area contributed by atoms with Crippen LogP contribution in [0.25, 0.3) is 23.0 Å². The normalized spacial score (nSPS) is 11.1. The van der Waals surface area contributed by atoms with E-state index in [4.69, 9.17) is 16.7 Å². The summed E-state index contributed by atoms with van der Waals surface area (Å²) in [5.41, 5.74) is 4.67. The number of amides is 1. The van der Waals surface area contributed by atoms with Crippen molar-refractivity contribution in [3.8, 4) is 16.9 Å². The lowest BCUT2D eigenvalue weighted by molar-refractivity contribution is -0.111. The predicted octanol–water partition coefficient (Wildman–Crippen LogP) is 6.99. The molecule has 2 heterocycles. The molecule has 0 unspecified atom stereocenters. The number of para-hydroxylation sites is 1. The molecule has 0 spiro atoms. The summed E-state index contributed by atoms with van der Waals surface area (Å²) < 4.78 is 2.59. The van der Waals surface area contributed by atoms with Crippen molar-refractivity contribution in [2.75, 3.05) is 5.32 Å². The van der Waals surface area contributed by atoms with Gasteiger partial charge in [0.2, 0.25) is 11.0 Å². The number of carbonyl (C=O) groups is 1. The minimum atomic E-state index is -0.285. The van der Waals surface area contributed by atoms with Gasteiger partial charge in [0.25, 0.3) is 0 Å². The average Bonchev–Trinajstić information content (AvgIpc) is 3.55. The first kappa shape index (κ1) is 24.0. The number of aromatic nitrogens is 4. The average molecular weight is 530 g/mol. The molecule has 9 heteroatoms. The molecule has 6 nitrogen and oxygen atoms in total. The molecule has 0 radical (unpaired) electrons. The largest absolute Gasteiger partial charge is 0.297 e. The van der Waals surface area contributed by atoms with Gasteiger partial charge in [0.1, 0.15) is 0 Å². The molecule has 0 aliphatic carbocycles. The van der Waals surface area contributed by atoms with Gasteiger partial charge in [-0.15, -0.1) is 10.2 Å². The standard InChI is InChI=1S/C27H20ClN5OS2/c28-22-14-11-19(12-15-22)18-35-27-31-30-26(36-27)29-24(34)16-13-21-17-33(23-9-5-2-6-10-23)32-25(21)20-7-3-1-4-8-20/h1-17H,18H2,(H,29,30,34)/b16-13+. The monoisotopic (exact) mass is 529 g/mol. The summed E-state index contributed by atoms with van der Waals surface area (Å²) in [6, 6.07) is 27.4. The molecular weight excluding hydrogens is 510 g/mol. The van der Waals surface area contributed by atoms with Crippen LogP contribution in [0.4, 0.5) is 5.13 Å². The van der Waals surface area contributed by atoms with Crippen LogP contribution in [0.2, 0.25) is 5.02 Å². The Labute approximate surface area is 221 Å². The summed E-state index contributed by atoms with van der Waals surface area (Å²) in [7, 11) is 0. The quantitative estimate of drug-likeness (QED) is 0.133. The zero-order valence-corrected chi connectivity index (χ0v) is 21.3. The molecule has 5 aromatic rings. The van der Waals surface area contributed by atoms with Crippen LogP contribution in [0.1, 0.15) is 11.1 Å². The summed E-state index contributed by atoms with van der Waals surface area (Å²) in [6.07, 6.45) is 5.17. The molecule has 0 fully saturated rings. The number of hydrogen-bond donors (Lipinski definition) is 1. The van der Waals surface area contributed by atoms with E-state index in [1.807, 2.05) is 95.8 Å². The van der Waals surface area contributed by atoms with Crippen molar-refractivity contribution in [1.29, 1.82) is 0 Å². The molecule has 2 aromatic heterocycles. The second-order valence-electron chi connectivity index (χ2n) is 7.69. The van der Waals surface area contributed by atoms with Gasteiger partial charge in [-0.3, -0.25) is 10.1 Å². The van der Waals surface area contributed by atoms with Crippen molar-refractivity contribution in [2.24, 2.45) is 0 Å². The molecule has 5 rings (SSSR count). The predicted molar refractivity (Wildman–Crippen MR) is 148 cm³/mol. The van der Waals surface area contributed by atoms with Gasteiger partial charge in [-0.1, -0.05) is 95.4 Å². The van der Waals surface area contributed by atoms with Crippen LogP contribution in [0, 0.1) is 0 Å². The lowest BCUT2D eigenvalue weighted by atomic mass is 10.1. The van der Waals surface area contributed by atoms with Crippen molar-refractivity contribution in [3.63, 3.8) is 0 Å². The maximum atomic E-state index is 12.6. The summed E-state index contributed by atoms with van der Waals surface area (Å²) in [6.45, 7) is 0. The van der Waals surface area contributed by atoms with Crippen LogP contribution in [0.3, 0.4) is 0 Å². The van der Waals surface area contributed by atoms with E-state index in [-0.39, 0.29) is 5.91 Å². The van der Waals surface area contributed by atoms with Gasteiger partial charge >= 0.3 is 0 Å². The Bertz CT molecular complexity index is 1480. The second kappa shape index (κ2) is 11.3. The topological polar surface area (TPSA) is 72.7 Å². The molecule has 1 N–H and O–H groups in total. The van der Waals surface area contributed by atoms with E-state index in [0.29, 0.717) is 10.2 Å². The van der Waals surface area contributed by atoms with Crippen molar-refractivity contribution in [1.82, 2.24) is 20.0 Å². The van der Waals surface area contributed by atoms with Crippen LogP contribution >= 0.6 is 34.7 Å². The number of nitrogens with one attached hydrogen (secondary N) is 1. The molecule has 1 amide bonds. The van der Waals surface area contributed by atoms with Gasteiger partial charge in [-0.2, -0.15) is 5.10 Å². The van der Waals surface area contributed by atoms with E-state index in [1.165, 1.54) is 17.4 Å². The SMILES string of the molecule is O=C(/C=C/c1cn(-c2ccccc2)nc1-c1ccccc1)Nc1nnc(SCc2ccc(Cl)cc2)s1. The van der Waals surface area contributed by atoms with Crippen LogP contribution in [0.5, 0.6) is 0 Å². The molecular formula is C27H20ClN5OS2. The van der Waals surface area contributed by atoms with Crippen LogP contribution in [-0.4, -0.2) is 25.9 Å². The minimum Gasteiger partial charge on any atom is -0.297 e. The van der Waals surface area contributed by atoms with Gasteiger partial charge in [0.05, 0.1) is 11.4 Å². The molecule has 0 atom stereocenters. The number of nitrogens with zero attached hydrogens (tertiary/aromatic N) is 4. The fraction of sp³-hybridized carbons (Fsp3) is 0.0370. The number of anilines is 1. The van der Waals surface area contributed by atoms with Crippen molar-refractivity contribution >= 4 is 51.8 Å². The number of halogens is 1. The van der Waals surface area contributed by atoms with E-state index in [9.17, 15) is 4.79 Å². The van der Waals surface area contributed by atoms with Gasteiger partial charge in [0, 0.05) is 34.2 Å². The van der Waals surface area contributed by atoms with E-state index >= 15 is 0 Å². The Balaban J connectivity index is 1.27. The molecule has 0 aliphatic rings. The lowest BCUT2D eigenvalue weighted by Gasteiger charge is -2.00. The van der Waals surface area contributed by atoms with Crippen molar-refractivity contribution < 1.29 is 4.79 Å². The maximum Gasteiger partial charge on any atom is 0.250 e. The third-order valence-electron chi connectivity index (χ3n) is 5.14. The highest BCUT2D eigenvalue weighted by Crippen LogP contribution is 2.29. The van der Waals surface area contributed by atoms with E-state index in [1.54, 1.807) is 17.8 Å². The Morgan fingerprint density at radius 1 is 0.972 bits per heavy atom. The van der Waals surface area contributed by atoms with Gasteiger partial charge in [-0.25, -0.2) is 4.68 Å². The zero-order chi connectivity index (χ0) is 24.7. The van der Waals surface area contributed by atoms with Crippen LogP contribution < -0.4 is 5.32 Å². The number of benzene rings is 3. The van der Waals surface area contributed by atoms with Gasteiger partial charge in [-0.05, 0) is 35.9 Å². The molecule has 0 saturated carbocycles. The highest BCUT2D eigenvalue weighted by Gasteiger charge is 2.12. The van der Waals surface area contributed by atoms with Crippen LogP contribution in [0.15, 0.2) is 102 Å². The molecule has 178 valence electrons. The van der Waals surface area contributed by atoms with E-state index in [2.05, 4.69) is 15.5 Å². The first-order valence-electron chi connectivity index (χ1n) is 11.0. The Kier molecular flexibility index (Phi) is 7.56. The van der Waals surface area contributed by atoms with Crippen molar-refractivity contribution in [3.05, 3.63) is 113 Å². The molecule has 0 saturated heterocycles. The number of carbonyl (C=O) groups excluding carboxylic acids is 1. The minimum absolute atomic E-state index is 0.285. The summed E-state index contributed by atoms with van der Waals surface area (Å²) in [4.78, 5) is 12.6. The van der Waals surface area contributed by atoms with Gasteiger partial charge in [0.15, 0.2) is 4.34 Å². The lowest BCUT2D eigenvalue weighted by Crippen LogP contribution is -2.07. The zero-order valence-electron chi connectivity index (χ0n) is 18.9. The van der Waals surface area contributed by atoms with E-state index in [0.717, 1.165) is 38.2 Å². The molecule has 36 heavy (non-hydrogen) atoms. The molecule has 3 aromatic carbocycles. The number of thioether (sulfide) groups is 1.